The molecule has 0 radical (unpaired) electrons. The molecule has 102 valence electrons. The topological polar surface area (TPSA) is 53.8 Å². The SMILES string of the molecule is CC(C)(CNCc1ccc(CN)cc1)c1ccc[nH]1. The summed E-state index contributed by atoms with van der Waals surface area (Å²) < 4.78 is 0. The van der Waals surface area contributed by atoms with Crippen LogP contribution >= 0.6 is 0 Å². The molecule has 19 heavy (non-hydrogen) atoms. The van der Waals surface area contributed by atoms with Gasteiger partial charge in [0.2, 0.25) is 0 Å². The van der Waals surface area contributed by atoms with Gasteiger partial charge in [0, 0.05) is 36.9 Å². The highest BCUT2D eigenvalue weighted by Gasteiger charge is 2.20. The average Bonchev–Trinajstić information content (AvgIpc) is 2.94. The fourth-order valence-electron chi connectivity index (χ4n) is 2.16. The predicted molar refractivity (Wildman–Crippen MR) is 79.9 cm³/mol. The Bertz CT molecular complexity index is 483. The third kappa shape index (κ3) is 3.69. The lowest BCUT2D eigenvalue weighted by atomic mass is 9.89. The summed E-state index contributed by atoms with van der Waals surface area (Å²) in [7, 11) is 0. The van der Waals surface area contributed by atoms with Crippen molar-refractivity contribution in [2.24, 2.45) is 5.73 Å². The normalized spacial score (nSPS) is 11.7. The first-order chi connectivity index (χ1) is 9.12. The largest absolute Gasteiger partial charge is 0.365 e. The molecule has 0 saturated carbocycles. The number of aromatic nitrogens is 1. The Kier molecular flexibility index (Phi) is 4.40. The van der Waals surface area contributed by atoms with Crippen LogP contribution in [-0.2, 0) is 18.5 Å². The van der Waals surface area contributed by atoms with Crippen molar-refractivity contribution in [1.29, 1.82) is 0 Å². The van der Waals surface area contributed by atoms with Gasteiger partial charge in [0.1, 0.15) is 0 Å². The summed E-state index contributed by atoms with van der Waals surface area (Å²) in [5.41, 5.74) is 9.43. The monoisotopic (exact) mass is 257 g/mol. The van der Waals surface area contributed by atoms with E-state index < -0.39 is 0 Å². The van der Waals surface area contributed by atoms with Crippen molar-refractivity contribution in [2.75, 3.05) is 6.54 Å². The highest BCUT2D eigenvalue weighted by molar-refractivity contribution is 5.22. The number of hydrogen-bond donors (Lipinski definition) is 3. The number of nitrogens with two attached hydrogens (primary N) is 1. The van der Waals surface area contributed by atoms with E-state index in [4.69, 9.17) is 5.73 Å². The van der Waals surface area contributed by atoms with Gasteiger partial charge in [-0.15, -0.1) is 0 Å². The molecule has 2 rings (SSSR count). The molecule has 0 aliphatic carbocycles. The minimum absolute atomic E-state index is 0.112. The van der Waals surface area contributed by atoms with Gasteiger partial charge in [0.15, 0.2) is 0 Å². The smallest absolute Gasteiger partial charge is 0.0217 e. The van der Waals surface area contributed by atoms with Crippen LogP contribution in [0.4, 0.5) is 0 Å². The second-order valence-corrected chi connectivity index (χ2v) is 5.59. The quantitative estimate of drug-likeness (QED) is 0.745. The molecular formula is C16H23N3. The van der Waals surface area contributed by atoms with Gasteiger partial charge in [-0.2, -0.15) is 0 Å². The minimum Gasteiger partial charge on any atom is -0.365 e. The maximum Gasteiger partial charge on any atom is 0.0217 e. The van der Waals surface area contributed by atoms with Crippen molar-refractivity contribution in [2.45, 2.75) is 32.4 Å². The van der Waals surface area contributed by atoms with E-state index in [2.05, 4.69) is 54.5 Å². The van der Waals surface area contributed by atoms with Gasteiger partial charge in [-0.25, -0.2) is 0 Å². The number of benzene rings is 1. The average molecular weight is 257 g/mol. The van der Waals surface area contributed by atoms with Gasteiger partial charge in [-0.3, -0.25) is 0 Å². The number of rotatable bonds is 6. The van der Waals surface area contributed by atoms with E-state index in [0.717, 1.165) is 13.1 Å². The molecule has 2 aromatic rings. The second-order valence-electron chi connectivity index (χ2n) is 5.59. The van der Waals surface area contributed by atoms with E-state index in [1.807, 2.05) is 12.3 Å². The Morgan fingerprint density at radius 3 is 2.37 bits per heavy atom. The molecule has 0 unspecified atom stereocenters. The zero-order valence-corrected chi connectivity index (χ0v) is 11.7. The van der Waals surface area contributed by atoms with Crippen molar-refractivity contribution >= 4 is 0 Å². The fraction of sp³-hybridized carbons (Fsp3) is 0.375. The molecular weight excluding hydrogens is 234 g/mol. The molecule has 0 aliphatic heterocycles. The van der Waals surface area contributed by atoms with Crippen molar-refractivity contribution in [3.63, 3.8) is 0 Å². The first-order valence-electron chi connectivity index (χ1n) is 6.74. The highest BCUT2D eigenvalue weighted by atomic mass is 14.9. The Hall–Kier alpha value is -1.58. The van der Waals surface area contributed by atoms with Crippen LogP contribution < -0.4 is 11.1 Å². The lowest BCUT2D eigenvalue weighted by Crippen LogP contribution is -2.32. The van der Waals surface area contributed by atoms with Crippen LogP contribution in [0.2, 0.25) is 0 Å². The molecule has 0 aliphatic rings. The lowest BCUT2D eigenvalue weighted by Gasteiger charge is -2.24. The molecule has 0 atom stereocenters. The van der Waals surface area contributed by atoms with Gasteiger partial charge in [0.05, 0.1) is 0 Å². The van der Waals surface area contributed by atoms with E-state index in [9.17, 15) is 0 Å². The molecule has 4 N–H and O–H groups in total. The zero-order valence-electron chi connectivity index (χ0n) is 11.7. The number of H-pyrrole nitrogens is 1. The number of hydrogen-bond acceptors (Lipinski definition) is 2. The zero-order chi connectivity index (χ0) is 13.7. The summed E-state index contributed by atoms with van der Waals surface area (Å²) in [5.74, 6) is 0. The molecule has 1 heterocycles. The Morgan fingerprint density at radius 2 is 1.79 bits per heavy atom. The van der Waals surface area contributed by atoms with Gasteiger partial charge in [-0.1, -0.05) is 38.1 Å². The van der Waals surface area contributed by atoms with Gasteiger partial charge < -0.3 is 16.0 Å². The van der Waals surface area contributed by atoms with Crippen LogP contribution in [0.1, 0.15) is 30.7 Å². The Morgan fingerprint density at radius 1 is 1.11 bits per heavy atom. The summed E-state index contributed by atoms with van der Waals surface area (Å²) in [6.07, 6.45) is 1.97. The van der Waals surface area contributed by atoms with E-state index in [-0.39, 0.29) is 5.41 Å². The van der Waals surface area contributed by atoms with Crippen LogP contribution in [0.3, 0.4) is 0 Å². The summed E-state index contributed by atoms with van der Waals surface area (Å²) in [4.78, 5) is 3.29. The Balaban J connectivity index is 1.86. The van der Waals surface area contributed by atoms with E-state index in [0.29, 0.717) is 6.54 Å². The van der Waals surface area contributed by atoms with Crippen LogP contribution in [0.15, 0.2) is 42.6 Å². The van der Waals surface area contributed by atoms with Crippen LogP contribution in [0.25, 0.3) is 0 Å². The molecule has 0 amide bonds. The maximum absolute atomic E-state index is 5.59. The molecule has 0 fully saturated rings. The highest BCUT2D eigenvalue weighted by Crippen LogP contribution is 2.20. The standard InChI is InChI=1S/C16H23N3/c1-16(2,15-4-3-9-19-15)12-18-11-14-7-5-13(10-17)6-8-14/h3-9,18-19H,10-12,17H2,1-2H3. The third-order valence-corrected chi connectivity index (χ3v) is 3.48. The van der Waals surface area contributed by atoms with Crippen molar-refractivity contribution < 1.29 is 0 Å². The van der Waals surface area contributed by atoms with Crippen molar-refractivity contribution in [3.05, 3.63) is 59.4 Å². The first-order valence-corrected chi connectivity index (χ1v) is 6.74. The molecule has 0 bridgehead atoms. The predicted octanol–water partition coefficient (Wildman–Crippen LogP) is 2.54. The summed E-state index contributed by atoms with van der Waals surface area (Å²) in [6, 6.07) is 12.6. The third-order valence-electron chi connectivity index (χ3n) is 3.48. The molecule has 3 nitrogen and oxygen atoms in total. The summed E-state index contributed by atoms with van der Waals surface area (Å²) >= 11 is 0. The number of aromatic amines is 1. The molecule has 0 saturated heterocycles. The van der Waals surface area contributed by atoms with Crippen LogP contribution in [0.5, 0.6) is 0 Å². The lowest BCUT2D eigenvalue weighted by molar-refractivity contribution is 0.459. The summed E-state index contributed by atoms with van der Waals surface area (Å²) in [5, 5.41) is 3.52. The van der Waals surface area contributed by atoms with Crippen LogP contribution in [-0.4, -0.2) is 11.5 Å². The maximum atomic E-state index is 5.59. The van der Waals surface area contributed by atoms with Crippen molar-refractivity contribution in [3.8, 4) is 0 Å². The molecule has 1 aromatic carbocycles. The number of nitrogens with one attached hydrogen (secondary N) is 2. The molecule has 0 spiro atoms. The Labute approximate surface area is 115 Å². The second kappa shape index (κ2) is 6.04. The van der Waals surface area contributed by atoms with Crippen LogP contribution in [0, 0.1) is 0 Å². The van der Waals surface area contributed by atoms with E-state index >= 15 is 0 Å². The van der Waals surface area contributed by atoms with Gasteiger partial charge >= 0.3 is 0 Å². The first kappa shape index (κ1) is 13.8. The molecule has 3 heteroatoms. The minimum atomic E-state index is 0.112. The molecule has 1 aromatic heterocycles. The van der Waals surface area contributed by atoms with E-state index in [1.165, 1.54) is 16.8 Å². The van der Waals surface area contributed by atoms with Crippen molar-refractivity contribution in [1.82, 2.24) is 10.3 Å². The fourth-order valence-corrected chi connectivity index (χ4v) is 2.16. The van der Waals surface area contributed by atoms with E-state index in [1.54, 1.807) is 0 Å². The van der Waals surface area contributed by atoms with Gasteiger partial charge in [-0.05, 0) is 23.3 Å². The van der Waals surface area contributed by atoms with Gasteiger partial charge in [0.25, 0.3) is 0 Å². The summed E-state index contributed by atoms with van der Waals surface area (Å²) in [6.45, 7) is 6.90.